The predicted octanol–water partition coefficient (Wildman–Crippen LogP) is 0.723. The van der Waals surface area contributed by atoms with E-state index in [2.05, 4.69) is 25.8 Å². The molecule has 25 heavy (non-hydrogen) atoms. The highest BCUT2D eigenvalue weighted by atomic mass is 32.1. The Balaban J connectivity index is 1.44. The Kier molecular flexibility index (Phi) is 5.14. The van der Waals surface area contributed by atoms with Gasteiger partial charge in [-0.2, -0.15) is 4.98 Å². The number of rotatable bonds is 8. The van der Waals surface area contributed by atoms with E-state index in [1.165, 1.54) is 22.2 Å². The van der Waals surface area contributed by atoms with Crippen molar-refractivity contribution in [2.75, 3.05) is 0 Å². The van der Waals surface area contributed by atoms with Crippen molar-refractivity contribution in [1.29, 1.82) is 0 Å². The lowest BCUT2D eigenvalue weighted by Crippen LogP contribution is -2.23. The monoisotopic (exact) mass is 362 g/mol. The van der Waals surface area contributed by atoms with Crippen LogP contribution in [0, 0.1) is 0 Å². The van der Waals surface area contributed by atoms with Crippen molar-refractivity contribution >= 4 is 23.2 Å². The fourth-order valence-electron chi connectivity index (χ4n) is 2.00. The van der Waals surface area contributed by atoms with Gasteiger partial charge in [0.15, 0.2) is 0 Å². The third-order valence-electron chi connectivity index (χ3n) is 3.13. The van der Waals surface area contributed by atoms with Crippen LogP contribution in [0.5, 0.6) is 0 Å². The Morgan fingerprint density at radius 2 is 2.28 bits per heavy atom. The number of nitrogens with zero attached hydrogens (tertiary/aromatic N) is 5. The maximum atomic E-state index is 11.9. The number of aryl methyl sites for hydroxylation is 1. The van der Waals surface area contributed by atoms with Gasteiger partial charge in [-0.1, -0.05) is 16.4 Å². The van der Waals surface area contributed by atoms with Crippen molar-refractivity contribution in [3.05, 3.63) is 35.3 Å². The zero-order valence-corrected chi connectivity index (χ0v) is 13.8. The molecule has 1 amide bonds. The second-order valence-electron chi connectivity index (χ2n) is 5.07. The lowest BCUT2D eigenvalue weighted by atomic mass is 10.3. The van der Waals surface area contributed by atoms with E-state index in [9.17, 15) is 9.59 Å². The van der Waals surface area contributed by atoms with Gasteiger partial charge in [-0.05, 0) is 11.4 Å². The average Bonchev–Trinajstić information content (AvgIpc) is 3.31. The molecule has 0 saturated carbocycles. The molecule has 2 N–H and O–H groups in total. The summed E-state index contributed by atoms with van der Waals surface area (Å²) in [4.78, 5) is 27.6. The lowest BCUT2D eigenvalue weighted by Gasteiger charge is -2.00. The van der Waals surface area contributed by atoms with Crippen molar-refractivity contribution < 1.29 is 19.2 Å². The number of nitrogens with one attached hydrogen (secondary N) is 1. The van der Waals surface area contributed by atoms with Gasteiger partial charge in [0.25, 0.3) is 0 Å². The normalized spacial score (nSPS) is 10.7. The molecule has 0 aliphatic heterocycles. The number of aliphatic carboxylic acids is 1. The van der Waals surface area contributed by atoms with Crippen LogP contribution in [0.1, 0.15) is 18.0 Å². The van der Waals surface area contributed by atoms with Crippen LogP contribution in [-0.2, 0) is 29.1 Å². The SMILES string of the molecule is O=C(O)Cn1cc(CNC(=O)CCc2nc(-c3cccs3)no2)nn1. The molecule has 3 aromatic heterocycles. The first-order chi connectivity index (χ1) is 12.1. The van der Waals surface area contributed by atoms with E-state index in [1.807, 2.05) is 17.5 Å². The molecule has 130 valence electrons. The molecule has 0 atom stereocenters. The standard InChI is InChI=1S/C14H14N6O4S/c21-11(15-6-9-7-20(19-17-9)8-13(22)23)3-4-12-16-14(18-24-12)10-2-1-5-25-10/h1-2,5,7H,3-4,6,8H2,(H,15,21)(H,22,23). The van der Waals surface area contributed by atoms with Gasteiger partial charge in [-0.3, -0.25) is 9.59 Å². The zero-order valence-electron chi connectivity index (χ0n) is 13.0. The summed E-state index contributed by atoms with van der Waals surface area (Å²) in [6, 6.07) is 3.79. The Morgan fingerprint density at radius 3 is 3.04 bits per heavy atom. The summed E-state index contributed by atoms with van der Waals surface area (Å²) >= 11 is 1.51. The molecule has 0 saturated heterocycles. The fourth-order valence-corrected chi connectivity index (χ4v) is 2.64. The number of hydrogen-bond donors (Lipinski definition) is 2. The first kappa shape index (κ1) is 16.8. The van der Waals surface area contributed by atoms with Gasteiger partial charge >= 0.3 is 5.97 Å². The summed E-state index contributed by atoms with van der Waals surface area (Å²) in [5, 5.41) is 24.6. The molecule has 0 aliphatic carbocycles. The van der Waals surface area contributed by atoms with Crippen molar-refractivity contribution in [2.24, 2.45) is 0 Å². The van der Waals surface area contributed by atoms with Crippen LogP contribution >= 0.6 is 11.3 Å². The van der Waals surface area contributed by atoms with Crippen LogP contribution in [-0.4, -0.2) is 42.1 Å². The summed E-state index contributed by atoms with van der Waals surface area (Å²) in [5.41, 5.74) is 0.479. The number of carboxylic acids is 1. The maximum absolute atomic E-state index is 11.9. The Labute approximate surface area is 145 Å². The molecule has 0 unspecified atom stereocenters. The lowest BCUT2D eigenvalue weighted by molar-refractivity contribution is -0.138. The van der Waals surface area contributed by atoms with Gasteiger partial charge in [-0.25, -0.2) is 4.68 Å². The van der Waals surface area contributed by atoms with Crippen molar-refractivity contribution in [3.63, 3.8) is 0 Å². The van der Waals surface area contributed by atoms with Crippen molar-refractivity contribution in [3.8, 4) is 10.7 Å². The minimum absolute atomic E-state index is 0.169. The minimum atomic E-state index is -1.01. The zero-order chi connectivity index (χ0) is 17.6. The van der Waals surface area contributed by atoms with Crippen LogP contribution < -0.4 is 5.32 Å². The van der Waals surface area contributed by atoms with E-state index in [0.29, 0.717) is 23.8 Å². The largest absolute Gasteiger partial charge is 0.480 e. The van der Waals surface area contributed by atoms with Gasteiger partial charge in [0.05, 0.1) is 17.6 Å². The van der Waals surface area contributed by atoms with Crippen LogP contribution in [0.3, 0.4) is 0 Å². The quantitative estimate of drug-likeness (QED) is 0.598. The second kappa shape index (κ2) is 7.66. The van der Waals surface area contributed by atoms with E-state index in [4.69, 9.17) is 9.63 Å². The molecule has 0 aliphatic rings. The third kappa shape index (κ3) is 4.70. The minimum Gasteiger partial charge on any atom is -0.480 e. The number of amides is 1. The van der Waals surface area contributed by atoms with Gasteiger partial charge < -0.3 is 14.9 Å². The van der Waals surface area contributed by atoms with E-state index in [-0.39, 0.29) is 25.4 Å². The Bertz CT molecular complexity index is 856. The molecule has 10 nitrogen and oxygen atoms in total. The van der Waals surface area contributed by atoms with E-state index >= 15 is 0 Å². The molecule has 0 spiro atoms. The fraction of sp³-hybridized carbons (Fsp3) is 0.286. The number of carbonyl (C=O) groups excluding carboxylic acids is 1. The molecule has 3 aromatic rings. The smallest absolute Gasteiger partial charge is 0.325 e. The summed E-state index contributed by atoms with van der Waals surface area (Å²) in [6.07, 6.45) is 1.99. The molecule has 0 radical (unpaired) electrons. The van der Waals surface area contributed by atoms with Crippen LogP contribution in [0.4, 0.5) is 0 Å². The maximum Gasteiger partial charge on any atom is 0.325 e. The summed E-state index contributed by atoms with van der Waals surface area (Å²) < 4.78 is 6.32. The van der Waals surface area contributed by atoms with Gasteiger partial charge in [0.1, 0.15) is 12.2 Å². The molecule has 0 fully saturated rings. The highest BCUT2D eigenvalue weighted by Gasteiger charge is 2.12. The average molecular weight is 362 g/mol. The second-order valence-corrected chi connectivity index (χ2v) is 6.01. The third-order valence-corrected chi connectivity index (χ3v) is 3.99. The van der Waals surface area contributed by atoms with Gasteiger partial charge in [-0.15, -0.1) is 16.4 Å². The van der Waals surface area contributed by atoms with Crippen LogP contribution in [0.15, 0.2) is 28.2 Å². The number of carbonyl (C=O) groups is 2. The van der Waals surface area contributed by atoms with E-state index in [1.54, 1.807) is 0 Å². The summed E-state index contributed by atoms with van der Waals surface area (Å²) in [6.45, 7) is -0.104. The van der Waals surface area contributed by atoms with Crippen LogP contribution in [0.2, 0.25) is 0 Å². The molecule has 0 aromatic carbocycles. The predicted molar refractivity (Wildman–Crippen MR) is 85.4 cm³/mol. The highest BCUT2D eigenvalue weighted by Crippen LogP contribution is 2.21. The number of aromatic nitrogens is 5. The van der Waals surface area contributed by atoms with Gasteiger partial charge in [0, 0.05) is 12.8 Å². The van der Waals surface area contributed by atoms with Crippen molar-refractivity contribution in [1.82, 2.24) is 30.5 Å². The summed E-state index contributed by atoms with van der Waals surface area (Å²) in [5.74, 6) is -0.308. The summed E-state index contributed by atoms with van der Waals surface area (Å²) in [7, 11) is 0. The topological polar surface area (TPSA) is 136 Å². The van der Waals surface area contributed by atoms with Gasteiger partial charge in [0.2, 0.25) is 17.6 Å². The number of thiophene rings is 1. The highest BCUT2D eigenvalue weighted by molar-refractivity contribution is 7.13. The Morgan fingerprint density at radius 1 is 1.40 bits per heavy atom. The first-order valence-electron chi connectivity index (χ1n) is 7.34. The van der Waals surface area contributed by atoms with E-state index in [0.717, 1.165) is 4.88 Å². The first-order valence-corrected chi connectivity index (χ1v) is 8.22. The van der Waals surface area contributed by atoms with Crippen molar-refractivity contribution in [2.45, 2.75) is 25.9 Å². The number of carboxylic acid groups (broad SMARTS) is 1. The molecule has 0 bridgehead atoms. The molecule has 11 heteroatoms. The molecular formula is C14H14N6O4S. The Hall–Kier alpha value is -3.08. The molecule has 3 rings (SSSR count). The van der Waals surface area contributed by atoms with E-state index < -0.39 is 5.97 Å². The number of hydrogen-bond acceptors (Lipinski definition) is 8. The van der Waals surface area contributed by atoms with Crippen LogP contribution in [0.25, 0.3) is 10.7 Å². The molecule has 3 heterocycles. The molecular weight excluding hydrogens is 348 g/mol.